The van der Waals surface area contributed by atoms with Crippen LogP contribution in [-0.2, 0) is 19.9 Å². The second-order valence-electron chi connectivity index (χ2n) is 6.44. The number of aliphatic hydroxyl groups is 2. The van der Waals surface area contributed by atoms with E-state index in [1.54, 1.807) is 0 Å². The molecule has 0 spiro atoms. The Morgan fingerprint density at radius 2 is 2.42 bits per heavy atom. The SMILES string of the molecule is [2H]c1cc([C@]2(C#N)O[C@H](COC(=O)C3CC3)[C@@H](O)[C@H]2O)n2[nH]cnc(=N)c12. The number of esters is 1. The number of hydrogen-bond acceptors (Lipinski definition) is 8. The molecule has 1 saturated carbocycles. The molecule has 26 heavy (non-hydrogen) atoms. The fraction of sp³-hybridized carbons (Fsp3) is 0.500. The molecule has 2 fully saturated rings. The Hall–Kier alpha value is -2.74. The molecule has 2 aromatic heterocycles. The van der Waals surface area contributed by atoms with E-state index in [0.717, 1.165) is 12.8 Å². The number of aromatic nitrogens is 3. The normalized spacial score (nSPS) is 31.6. The highest BCUT2D eigenvalue weighted by Gasteiger charge is 2.57. The van der Waals surface area contributed by atoms with Crippen LogP contribution in [0.2, 0.25) is 0 Å². The number of aliphatic hydroxyl groups excluding tert-OH is 2. The van der Waals surface area contributed by atoms with Crippen LogP contribution in [-0.4, -0.2) is 55.7 Å². The van der Waals surface area contributed by atoms with Gasteiger partial charge in [-0.1, -0.05) is 0 Å². The number of carbonyl (C=O) groups is 1. The Morgan fingerprint density at radius 3 is 3.12 bits per heavy atom. The van der Waals surface area contributed by atoms with E-state index in [2.05, 4.69) is 10.1 Å². The second kappa shape index (κ2) is 5.91. The van der Waals surface area contributed by atoms with E-state index >= 15 is 0 Å². The minimum absolute atomic E-state index is 0.0449. The molecule has 4 rings (SSSR count). The third-order valence-corrected chi connectivity index (χ3v) is 4.72. The van der Waals surface area contributed by atoms with Gasteiger partial charge in [0.15, 0.2) is 5.49 Å². The lowest BCUT2D eigenvalue weighted by molar-refractivity contribution is -0.152. The molecule has 0 aromatic carbocycles. The summed E-state index contributed by atoms with van der Waals surface area (Å²) in [5, 5.41) is 41.2. The molecule has 0 amide bonds. The number of fused-ring (bicyclic) bond motifs is 1. The molecule has 1 saturated heterocycles. The first-order valence-corrected chi connectivity index (χ1v) is 8.11. The van der Waals surface area contributed by atoms with Gasteiger partial charge in [-0.2, -0.15) is 5.26 Å². The minimum atomic E-state index is -2.01. The maximum Gasteiger partial charge on any atom is 0.309 e. The molecule has 136 valence electrons. The second-order valence-corrected chi connectivity index (χ2v) is 6.44. The summed E-state index contributed by atoms with van der Waals surface area (Å²) >= 11 is 0. The molecule has 4 N–H and O–H groups in total. The number of ether oxygens (including phenoxy) is 2. The van der Waals surface area contributed by atoms with Gasteiger partial charge in [-0.3, -0.25) is 19.8 Å². The van der Waals surface area contributed by atoms with Crippen molar-refractivity contribution in [2.45, 2.75) is 36.8 Å². The van der Waals surface area contributed by atoms with E-state index < -0.39 is 29.9 Å². The lowest BCUT2D eigenvalue weighted by Crippen LogP contribution is -2.41. The van der Waals surface area contributed by atoms with Gasteiger partial charge in [0.2, 0.25) is 5.60 Å². The summed E-state index contributed by atoms with van der Waals surface area (Å²) in [4.78, 5) is 15.5. The van der Waals surface area contributed by atoms with Crippen LogP contribution in [0.4, 0.5) is 0 Å². The minimum Gasteiger partial charge on any atom is -0.463 e. The number of carbonyl (C=O) groups excluding carboxylic acids is 1. The Kier molecular flexibility index (Phi) is 3.53. The topological polar surface area (TPSA) is 157 Å². The number of nitriles is 1. The number of rotatable bonds is 4. The lowest BCUT2D eigenvalue weighted by atomic mass is 9.92. The first kappa shape index (κ1) is 15.5. The number of aromatic amines is 1. The van der Waals surface area contributed by atoms with Crippen molar-refractivity contribution in [1.29, 1.82) is 10.7 Å². The largest absolute Gasteiger partial charge is 0.463 e. The van der Waals surface area contributed by atoms with Crippen molar-refractivity contribution in [2.24, 2.45) is 5.92 Å². The molecule has 10 nitrogen and oxygen atoms in total. The average Bonchev–Trinajstić information content (AvgIpc) is 3.41. The first-order chi connectivity index (χ1) is 12.9. The monoisotopic (exact) mass is 360 g/mol. The molecule has 4 atom stereocenters. The van der Waals surface area contributed by atoms with Crippen LogP contribution in [0.15, 0.2) is 18.4 Å². The summed E-state index contributed by atoms with van der Waals surface area (Å²) in [5.41, 5.74) is -2.07. The van der Waals surface area contributed by atoms with E-state index in [1.807, 2.05) is 6.07 Å². The van der Waals surface area contributed by atoms with Crippen molar-refractivity contribution in [1.82, 2.24) is 14.6 Å². The molecule has 2 aliphatic rings. The first-order valence-electron chi connectivity index (χ1n) is 8.61. The molecule has 10 heteroatoms. The van der Waals surface area contributed by atoms with E-state index in [0.29, 0.717) is 0 Å². The zero-order valence-corrected chi connectivity index (χ0v) is 13.5. The van der Waals surface area contributed by atoms with Crippen molar-refractivity contribution in [3.63, 3.8) is 0 Å². The molecular weight excluding hydrogens is 342 g/mol. The summed E-state index contributed by atoms with van der Waals surface area (Å²) in [5.74, 6) is -0.526. The fourth-order valence-corrected chi connectivity index (χ4v) is 3.10. The maximum atomic E-state index is 11.7. The summed E-state index contributed by atoms with van der Waals surface area (Å²) in [6, 6.07) is 3.05. The van der Waals surface area contributed by atoms with Crippen molar-refractivity contribution < 1.29 is 25.9 Å². The molecule has 1 aliphatic carbocycles. The van der Waals surface area contributed by atoms with Crippen LogP contribution in [0.25, 0.3) is 5.52 Å². The van der Waals surface area contributed by atoms with Crippen molar-refractivity contribution in [2.75, 3.05) is 6.61 Å². The molecule has 2 aromatic rings. The van der Waals surface area contributed by atoms with Crippen LogP contribution in [0.5, 0.6) is 0 Å². The third kappa shape index (κ3) is 2.40. The van der Waals surface area contributed by atoms with Gasteiger partial charge in [-0.05, 0) is 25.0 Å². The van der Waals surface area contributed by atoms with Gasteiger partial charge in [0.1, 0.15) is 42.8 Å². The highest BCUT2D eigenvalue weighted by molar-refractivity contribution is 5.74. The number of H-pyrrole nitrogens is 1. The Labute approximate surface area is 148 Å². The van der Waals surface area contributed by atoms with Crippen LogP contribution in [0.3, 0.4) is 0 Å². The maximum absolute atomic E-state index is 11.7. The number of nitrogens with one attached hydrogen (secondary N) is 2. The van der Waals surface area contributed by atoms with Gasteiger partial charge in [-0.15, -0.1) is 0 Å². The van der Waals surface area contributed by atoms with E-state index in [1.165, 1.54) is 16.9 Å². The van der Waals surface area contributed by atoms with Gasteiger partial charge in [0, 0.05) is 0 Å². The molecule has 1 aliphatic heterocycles. The molecule has 0 unspecified atom stereocenters. The van der Waals surface area contributed by atoms with Crippen LogP contribution < -0.4 is 5.49 Å². The summed E-state index contributed by atoms with van der Waals surface area (Å²) < 4.78 is 20.1. The van der Waals surface area contributed by atoms with Gasteiger partial charge < -0.3 is 19.7 Å². The summed E-state index contributed by atoms with van der Waals surface area (Å²) in [6.07, 6.45) is -1.51. The molecule has 0 radical (unpaired) electrons. The van der Waals surface area contributed by atoms with E-state index in [4.69, 9.17) is 16.3 Å². The highest BCUT2D eigenvalue weighted by Crippen LogP contribution is 2.40. The van der Waals surface area contributed by atoms with Gasteiger partial charge in [0.05, 0.1) is 13.0 Å². The van der Waals surface area contributed by atoms with Gasteiger partial charge in [-0.25, -0.2) is 4.98 Å². The molecule has 3 heterocycles. The predicted molar refractivity (Wildman–Crippen MR) is 83.3 cm³/mol. The fourth-order valence-electron chi connectivity index (χ4n) is 3.10. The Balaban J connectivity index is 1.70. The number of hydrogen-bond donors (Lipinski definition) is 4. The number of nitrogens with zero attached hydrogens (tertiary/aromatic N) is 3. The van der Waals surface area contributed by atoms with E-state index in [-0.39, 0.29) is 35.3 Å². The van der Waals surface area contributed by atoms with Gasteiger partial charge in [0.25, 0.3) is 0 Å². The molecular formula is C16H17N5O5. The summed E-state index contributed by atoms with van der Waals surface area (Å²) in [6.45, 7) is -0.303. The van der Waals surface area contributed by atoms with Crippen molar-refractivity contribution >= 4 is 11.5 Å². The van der Waals surface area contributed by atoms with Crippen LogP contribution in [0.1, 0.15) is 19.9 Å². The van der Waals surface area contributed by atoms with Crippen LogP contribution >= 0.6 is 0 Å². The standard InChI is InChI=1S/C16H17N5O5/c17-6-16(11-4-3-9-14(18)19-7-20-21(9)11)13(23)12(22)10(26-16)5-25-15(24)8-1-2-8/h3-4,7-8,10,12-13,22-23H,1-2,5H2,(H2,18,19,20)/t10-,12-,13-,16+/m1/s1/i3D. The smallest absolute Gasteiger partial charge is 0.309 e. The zero-order valence-electron chi connectivity index (χ0n) is 14.5. The molecule has 0 bridgehead atoms. The Morgan fingerprint density at radius 1 is 1.65 bits per heavy atom. The quantitative estimate of drug-likeness (QED) is 0.506. The van der Waals surface area contributed by atoms with Gasteiger partial charge >= 0.3 is 5.97 Å². The lowest BCUT2D eigenvalue weighted by Gasteiger charge is -2.24. The highest BCUT2D eigenvalue weighted by atomic mass is 16.6. The third-order valence-electron chi connectivity index (χ3n) is 4.72. The van der Waals surface area contributed by atoms with Crippen LogP contribution in [0, 0.1) is 22.7 Å². The Bertz CT molecular complexity index is 1010. The summed E-state index contributed by atoms with van der Waals surface area (Å²) in [7, 11) is 0. The zero-order chi connectivity index (χ0) is 19.3. The van der Waals surface area contributed by atoms with Crippen molar-refractivity contribution in [3.05, 3.63) is 29.6 Å². The average molecular weight is 360 g/mol. The van der Waals surface area contributed by atoms with E-state index in [9.17, 15) is 20.3 Å². The predicted octanol–water partition coefficient (Wildman–Crippen LogP) is -1.07. The van der Waals surface area contributed by atoms with Crippen molar-refractivity contribution in [3.8, 4) is 6.07 Å².